The third kappa shape index (κ3) is 4.26. The van der Waals surface area contributed by atoms with Gasteiger partial charge in [0.05, 0.1) is 12.0 Å². The molecule has 5 heteroatoms. The van der Waals surface area contributed by atoms with Gasteiger partial charge in [0.15, 0.2) is 0 Å². The van der Waals surface area contributed by atoms with E-state index in [4.69, 9.17) is 4.42 Å². The van der Waals surface area contributed by atoms with Crippen LogP contribution in [0, 0.1) is 5.82 Å². The average molecular weight is 341 g/mol. The Morgan fingerprint density at radius 2 is 1.79 bits per heavy atom. The van der Waals surface area contributed by atoms with Gasteiger partial charge in [-0.3, -0.25) is 4.79 Å². The van der Waals surface area contributed by atoms with Crippen molar-refractivity contribution in [3.63, 3.8) is 0 Å². The zero-order valence-corrected chi connectivity index (χ0v) is 13.6. The molecular weight excluding hydrogens is 325 g/mol. The van der Waals surface area contributed by atoms with E-state index < -0.39 is 0 Å². The van der Waals surface area contributed by atoms with Crippen molar-refractivity contribution in [1.29, 1.82) is 0 Å². The van der Waals surface area contributed by atoms with Crippen LogP contribution in [0.15, 0.2) is 77.4 Å². The number of nitrogens with one attached hydrogen (secondary N) is 1. The highest BCUT2D eigenvalue weighted by Crippen LogP contribution is 2.33. The number of carbonyl (C=O) groups is 1. The molecular formula is C19H16FNO2S. The SMILES string of the molecule is O=C(Nc1ccc(F)cc1)C(SCc1ccco1)c1ccccc1. The molecule has 3 rings (SSSR count). The second-order valence-electron chi connectivity index (χ2n) is 5.18. The Hall–Kier alpha value is -2.53. The van der Waals surface area contributed by atoms with Crippen LogP contribution < -0.4 is 5.32 Å². The predicted molar refractivity (Wildman–Crippen MR) is 94.2 cm³/mol. The smallest absolute Gasteiger partial charge is 0.242 e. The summed E-state index contributed by atoms with van der Waals surface area (Å²) in [6.07, 6.45) is 1.62. The molecule has 2 aromatic carbocycles. The van der Waals surface area contributed by atoms with Crippen LogP contribution in [0.25, 0.3) is 0 Å². The maximum Gasteiger partial charge on any atom is 0.242 e. The lowest BCUT2D eigenvalue weighted by Gasteiger charge is -2.16. The molecule has 0 aliphatic carbocycles. The highest BCUT2D eigenvalue weighted by molar-refractivity contribution is 7.99. The van der Waals surface area contributed by atoms with Gasteiger partial charge < -0.3 is 9.73 Å². The Balaban J connectivity index is 1.75. The fraction of sp³-hybridized carbons (Fsp3) is 0.105. The topological polar surface area (TPSA) is 42.2 Å². The minimum Gasteiger partial charge on any atom is -0.468 e. The highest BCUT2D eigenvalue weighted by Gasteiger charge is 2.21. The van der Waals surface area contributed by atoms with Gasteiger partial charge >= 0.3 is 0 Å². The van der Waals surface area contributed by atoms with Gasteiger partial charge in [-0.15, -0.1) is 11.8 Å². The monoisotopic (exact) mass is 341 g/mol. The molecule has 122 valence electrons. The Labute approximate surface area is 143 Å². The standard InChI is InChI=1S/C19H16FNO2S/c20-15-8-10-16(11-9-15)21-19(22)18(14-5-2-1-3-6-14)24-13-17-7-4-12-23-17/h1-12,18H,13H2,(H,21,22). The summed E-state index contributed by atoms with van der Waals surface area (Å²) < 4.78 is 18.3. The molecule has 3 aromatic rings. The molecule has 1 amide bonds. The van der Waals surface area contributed by atoms with Gasteiger partial charge in [0, 0.05) is 5.69 Å². The average Bonchev–Trinajstić information content (AvgIpc) is 3.12. The molecule has 0 bridgehead atoms. The van der Waals surface area contributed by atoms with Crippen LogP contribution >= 0.6 is 11.8 Å². The summed E-state index contributed by atoms with van der Waals surface area (Å²) in [6.45, 7) is 0. The first kappa shape index (κ1) is 16.3. The van der Waals surface area contributed by atoms with Crippen LogP contribution in [-0.4, -0.2) is 5.91 Å². The van der Waals surface area contributed by atoms with E-state index in [-0.39, 0.29) is 17.0 Å². The third-order valence-electron chi connectivity index (χ3n) is 3.42. The molecule has 0 spiro atoms. The van der Waals surface area contributed by atoms with Crippen LogP contribution in [0.1, 0.15) is 16.6 Å². The number of carbonyl (C=O) groups excluding carboxylic acids is 1. The fourth-order valence-electron chi connectivity index (χ4n) is 2.25. The van der Waals surface area contributed by atoms with Crippen LogP contribution in [0.5, 0.6) is 0 Å². The minimum atomic E-state index is -0.388. The molecule has 0 aliphatic heterocycles. The predicted octanol–water partition coefficient (Wildman–Crippen LogP) is 5.03. The number of hydrogen-bond donors (Lipinski definition) is 1. The Bertz CT molecular complexity index is 773. The first-order chi connectivity index (χ1) is 11.7. The molecule has 24 heavy (non-hydrogen) atoms. The first-order valence-electron chi connectivity index (χ1n) is 7.48. The summed E-state index contributed by atoms with van der Waals surface area (Å²) in [5.41, 5.74) is 1.48. The first-order valence-corrected chi connectivity index (χ1v) is 8.52. The molecule has 1 heterocycles. The van der Waals surface area contributed by atoms with E-state index in [0.717, 1.165) is 11.3 Å². The Morgan fingerprint density at radius 3 is 2.46 bits per heavy atom. The van der Waals surface area contributed by atoms with Gasteiger partial charge in [-0.1, -0.05) is 30.3 Å². The van der Waals surface area contributed by atoms with E-state index in [1.165, 1.54) is 23.9 Å². The van der Waals surface area contributed by atoms with Gasteiger partial charge in [0.25, 0.3) is 0 Å². The van der Waals surface area contributed by atoms with E-state index in [1.54, 1.807) is 18.4 Å². The third-order valence-corrected chi connectivity index (χ3v) is 4.70. The number of rotatable bonds is 6. The normalized spacial score (nSPS) is 11.9. The largest absolute Gasteiger partial charge is 0.468 e. The number of halogens is 1. The molecule has 1 aromatic heterocycles. The molecule has 1 N–H and O–H groups in total. The summed E-state index contributed by atoms with van der Waals surface area (Å²) in [7, 11) is 0. The van der Waals surface area contributed by atoms with Crippen molar-refractivity contribution in [3.05, 3.63) is 90.1 Å². The van der Waals surface area contributed by atoms with Crippen LogP contribution in [0.3, 0.4) is 0 Å². The molecule has 0 aliphatic rings. The summed E-state index contributed by atoms with van der Waals surface area (Å²) in [5, 5.41) is 2.45. The van der Waals surface area contributed by atoms with Crippen LogP contribution in [0.4, 0.5) is 10.1 Å². The van der Waals surface area contributed by atoms with E-state index in [1.807, 2.05) is 42.5 Å². The van der Waals surface area contributed by atoms with E-state index >= 15 is 0 Å². The van der Waals surface area contributed by atoms with Crippen molar-refractivity contribution >= 4 is 23.4 Å². The maximum atomic E-state index is 13.0. The molecule has 1 atom stereocenters. The number of benzene rings is 2. The zero-order valence-electron chi connectivity index (χ0n) is 12.8. The van der Waals surface area contributed by atoms with Gasteiger partial charge in [0.1, 0.15) is 16.8 Å². The van der Waals surface area contributed by atoms with E-state index in [2.05, 4.69) is 5.32 Å². The summed E-state index contributed by atoms with van der Waals surface area (Å²) in [6, 6.07) is 19.0. The van der Waals surface area contributed by atoms with Crippen molar-refractivity contribution in [2.24, 2.45) is 0 Å². The number of amides is 1. The van der Waals surface area contributed by atoms with Crippen molar-refractivity contribution in [2.75, 3.05) is 5.32 Å². The van der Waals surface area contributed by atoms with E-state index in [9.17, 15) is 9.18 Å². The zero-order chi connectivity index (χ0) is 16.8. The maximum absolute atomic E-state index is 13.0. The van der Waals surface area contributed by atoms with E-state index in [0.29, 0.717) is 11.4 Å². The van der Waals surface area contributed by atoms with Gasteiger partial charge in [0.2, 0.25) is 5.91 Å². The quantitative estimate of drug-likeness (QED) is 0.683. The van der Waals surface area contributed by atoms with Crippen LogP contribution in [0.2, 0.25) is 0 Å². The number of hydrogen-bond acceptors (Lipinski definition) is 3. The summed E-state index contributed by atoms with van der Waals surface area (Å²) in [4.78, 5) is 12.7. The lowest BCUT2D eigenvalue weighted by Crippen LogP contribution is -2.19. The Kier molecular flexibility index (Phi) is 5.33. The van der Waals surface area contributed by atoms with Crippen molar-refractivity contribution in [3.8, 4) is 0 Å². The fourth-order valence-corrected chi connectivity index (χ4v) is 3.31. The second kappa shape index (κ2) is 7.84. The van der Waals surface area contributed by atoms with Crippen molar-refractivity contribution < 1.29 is 13.6 Å². The lowest BCUT2D eigenvalue weighted by molar-refractivity contribution is -0.115. The molecule has 1 unspecified atom stereocenters. The van der Waals surface area contributed by atoms with Crippen LogP contribution in [-0.2, 0) is 10.5 Å². The number of anilines is 1. The van der Waals surface area contributed by atoms with Gasteiger partial charge in [-0.05, 0) is 42.0 Å². The number of furan rings is 1. The molecule has 0 radical (unpaired) electrons. The van der Waals surface area contributed by atoms with Gasteiger partial charge in [-0.2, -0.15) is 0 Å². The number of thioether (sulfide) groups is 1. The summed E-state index contributed by atoms with van der Waals surface area (Å²) in [5.74, 6) is 0.920. The molecule has 0 saturated carbocycles. The highest BCUT2D eigenvalue weighted by atomic mass is 32.2. The molecule has 3 nitrogen and oxygen atoms in total. The minimum absolute atomic E-state index is 0.149. The molecule has 0 saturated heterocycles. The second-order valence-corrected chi connectivity index (χ2v) is 6.27. The van der Waals surface area contributed by atoms with Gasteiger partial charge in [-0.25, -0.2) is 4.39 Å². The Morgan fingerprint density at radius 1 is 1.04 bits per heavy atom. The summed E-state index contributed by atoms with van der Waals surface area (Å²) >= 11 is 1.48. The molecule has 0 fully saturated rings. The van der Waals surface area contributed by atoms with Crippen molar-refractivity contribution in [1.82, 2.24) is 0 Å². The lowest BCUT2D eigenvalue weighted by atomic mass is 10.1. The van der Waals surface area contributed by atoms with Crippen molar-refractivity contribution in [2.45, 2.75) is 11.0 Å².